The van der Waals surface area contributed by atoms with E-state index in [-0.39, 0.29) is 0 Å². The van der Waals surface area contributed by atoms with Crippen molar-refractivity contribution in [3.63, 3.8) is 0 Å². The maximum absolute atomic E-state index is 4.48. The number of nitrogens with zero attached hydrogens (tertiary/aromatic N) is 2. The van der Waals surface area contributed by atoms with Crippen molar-refractivity contribution in [3.8, 4) is 0 Å². The second-order valence-corrected chi connectivity index (χ2v) is 6.72. The smallest absolute Gasteiger partial charge is 0.0597 e. The lowest BCUT2D eigenvalue weighted by molar-refractivity contribution is 0.457. The fourth-order valence-electron chi connectivity index (χ4n) is 3.20. The number of nitrogens with one attached hydrogen (secondary N) is 1. The third-order valence-electron chi connectivity index (χ3n) is 5.26. The Bertz CT molecular complexity index is 415. The molecule has 1 fully saturated rings. The maximum Gasteiger partial charge on any atom is 0.0597 e. The van der Waals surface area contributed by atoms with Crippen LogP contribution >= 0.6 is 0 Å². The lowest BCUT2D eigenvalue weighted by Crippen LogP contribution is -2.20. The maximum atomic E-state index is 4.48. The molecular formula is C15H27N3. The Hall–Kier alpha value is -0.830. The first-order valence-electron chi connectivity index (χ1n) is 7.04. The molecule has 1 N–H and O–H groups in total. The summed E-state index contributed by atoms with van der Waals surface area (Å²) in [5.41, 5.74) is 3.36. The second-order valence-electron chi connectivity index (χ2n) is 6.72. The minimum atomic E-state index is 0.473. The van der Waals surface area contributed by atoms with Gasteiger partial charge in [0.15, 0.2) is 0 Å². The molecule has 0 unspecified atom stereocenters. The van der Waals surface area contributed by atoms with E-state index in [1.54, 1.807) is 0 Å². The van der Waals surface area contributed by atoms with Gasteiger partial charge in [0.05, 0.1) is 11.4 Å². The fraction of sp³-hybridized carbons (Fsp3) is 0.800. The van der Waals surface area contributed by atoms with Gasteiger partial charge in [-0.25, -0.2) is 0 Å². The van der Waals surface area contributed by atoms with Crippen LogP contribution in [0, 0.1) is 23.7 Å². The highest BCUT2D eigenvalue weighted by Crippen LogP contribution is 2.67. The van der Waals surface area contributed by atoms with Crippen molar-refractivity contribution in [3.05, 3.63) is 17.5 Å². The molecule has 2 rings (SSSR count). The van der Waals surface area contributed by atoms with E-state index in [0.29, 0.717) is 10.8 Å². The summed E-state index contributed by atoms with van der Waals surface area (Å²) in [5.74, 6) is 0.782. The molecule has 1 heterocycles. The molecule has 1 aliphatic carbocycles. The molecule has 0 aromatic carbocycles. The van der Waals surface area contributed by atoms with Gasteiger partial charge in [0, 0.05) is 13.1 Å². The van der Waals surface area contributed by atoms with Crippen LogP contribution in [0.15, 0.2) is 6.07 Å². The number of hydrogen-bond donors (Lipinski definition) is 1. The Labute approximate surface area is 111 Å². The summed E-state index contributed by atoms with van der Waals surface area (Å²) in [6.07, 6.45) is 0. The van der Waals surface area contributed by atoms with Crippen LogP contribution < -0.4 is 5.32 Å². The second kappa shape index (κ2) is 4.37. The van der Waals surface area contributed by atoms with E-state index in [9.17, 15) is 0 Å². The predicted octanol–water partition coefficient (Wildman–Crippen LogP) is 2.98. The lowest BCUT2D eigenvalue weighted by atomic mass is 10.0. The highest BCUT2D eigenvalue weighted by Gasteiger charge is 2.63. The molecule has 0 aliphatic heterocycles. The molecule has 0 saturated heterocycles. The van der Waals surface area contributed by atoms with E-state index in [1.165, 1.54) is 5.69 Å². The zero-order chi connectivity index (χ0) is 13.6. The summed E-state index contributed by atoms with van der Waals surface area (Å²) in [4.78, 5) is 0. The van der Waals surface area contributed by atoms with E-state index in [0.717, 1.165) is 31.2 Å². The van der Waals surface area contributed by atoms with Gasteiger partial charge in [0.1, 0.15) is 0 Å². The highest BCUT2D eigenvalue weighted by atomic mass is 15.3. The lowest BCUT2D eigenvalue weighted by Gasteiger charge is -2.07. The minimum absolute atomic E-state index is 0.473. The summed E-state index contributed by atoms with van der Waals surface area (Å²) in [6.45, 7) is 16.7. The molecule has 3 nitrogen and oxygen atoms in total. The Morgan fingerprint density at radius 1 is 1.28 bits per heavy atom. The summed E-state index contributed by atoms with van der Waals surface area (Å²) >= 11 is 0. The van der Waals surface area contributed by atoms with Gasteiger partial charge >= 0.3 is 0 Å². The van der Waals surface area contributed by atoms with Crippen LogP contribution in [0.2, 0.25) is 0 Å². The van der Waals surface area contributed by atoms with Crippen molar-refractivity contribution in [2.45, 2.75) is 54.6 Å². The van der Waals surface area contributed by atoms with Crippen molar-refractivity contribution in [2.24, 2.45) is 16.7 Å². The first kappa shape index (κ1) is 13.6. The van der Waals surface area contributed by atoms with E-state index in [4.69, 9.17) is 0 Å². The Kier molecular flexibility index (Phi) is 3.30. The molecule has 1 aromatic heterocycles. The standard InChI is InChI=1S/C15H27N3/c1-7-18-12(8-11(2)17-18)9-16-10-13-14(3,4)15(13,5)6/h8,13,16H,7,9-10H2,1-6H3. The van der Waals surface area contributed by atoms with Crippen LogP contribution in [0.4, 0.5) is 0 Å². The molecule has 0 spiro atoms. The predicted molar refractivity (Wildman–Crippen MR) is 75.4 cm³/mol. The summed E-state index contributed by atoms with van der Waals surface area (Å²) in [6, 6.07) is 2.18. The number of aryl methyl sites for hydroxylation is 2. The zero-order valence-corrected chi connectivity index (χ0v) is 12.7. The molecule has 1 saturated carbocycles. The van der Waals surface area contributed by atoms with Crippen LogP contribution in [0.3, 0.4) is 0 Å². The van der Waals surface area contributed by atoms with Crippen molar-refractivity contribution in [1.29, 1.82) is 0 Å². The van der Waals surface area contributed by atoms with Crippen molar-refractivity contribution in [2.75, 3.05) is 6.54 Å². The molecule has 18 heavy (non-hydrogen) atoms. The molecule has 0 atom stereocenters. The van der Waals surface area contributed by atoms with Gasteiger partial charge < -0.3 is 5.32 Å². The average Bonchev–Trinajstić information content (AvgIpc) is 2.61. The van der Waals surface area contributed by atoms with Gasteiger partial charge in [-0.15, -0.1) is 0 Å². The van der Waals surface area contributed by atoms with Crippen molar-refractivity contribution >= 4 is 0 Å². The van der Waals surface area contributed by atoms with Crippen LogP contribution in [0.1, 0.15) is 46.0 Å². The third kappa shape index (κ3) is 2.09. The van der Waals surface area contributed by atoms with E-state index < -0.39 is 0 Å². The number of hydrogen-bond acceptors (Lipinski definition) is 2. The Balaban J connectivity index is 1.87. The summed E-state index contributed by atoms with van der Waals surface area (Å²) in [7, 11) is 0. The summed E-state index contributed by atoms with van der Waals surface area (Å²) < 4.78 is 2.09. The quantitative estimate of drug-likeness (QED) is 0.869. The minimum Gasteiger partial charge on any atom is -0.311 e. The first-order valence-corrected chi connectivity index (χ1v) is 7.04. The van der Waals surface area contributed by atoms with Gasteiger partial charge in [-0.1, -0.05) is 27.7 Å². The monoisotopic (exact) mass is 249 g/mol. The van der Waals surface area contributed by atoms with E-state index in [2.05, 4.69) is 62.7 Å². The first-order chi connectivity index (χ1) is 8.30. The van der Waals surface area contributed by atoms with Gasteiger partial charge in [-0.2, -0.15) is 5.10 Å². The Morgan fingerprint density at radius 2 is 1.89 bits per heavy atom. The molecule has 0 bridgehead atoms. The fourth-order valence-corrected chi connectivity index (χ4v) is 3.20. The van der Waals surface area contributed by atoms with Gasteiger partial charge in [-0.3, -0.25) is 4.68 Å². The zero-order valence-electron chi connectivity index (χ0n) is 12.7. The van der Waals surface area contributed by atoms with Crippen LogP contribution in [-0.4, -0.2) is 16.3 Å². The van der Waals surface area contributed by atoms with Crippen LogP contribution in [0.5, 0.6) is 0 Å². The molecule has 0 radical (unpaired) electrons. The van der Waals surface area contributed by atoms with E-state index in [1.807, 2.05) is 0 Å². The van der Waals surface area contributed by atoms with Crippen molar-refractivity contribution in [1.82, 2.24) is 15.1 Å². The van der Waals surface area contributed by atoms with Crippen LogP contribution in [-0.2, 0) is 13.1 Å². The van der Waals surface area contributed by atoms with Gasteiger partial charge in [0.2, 0.25) is 0 Å². The summed E-state index contributed by atoms with van der Waals surface area (Å²) in [5, 5.41) is 8.08. The average molecular weight is 249 g/mol. The third-order valence-corrected chi connectivity index (χ3v) is 5.26. The van der Waals surface area contributed by atoms with E-state index >= 15 is 0 Å². The number of aromatic nitrogens is 2. The van der Waals surface area contributed by atoms with Crippen molar-refractivity contribution < 1.29 is 0 Å². The topological polar surface area (TPSA) is 29.9 Å². The molecule has 1 aliphatic rings. The molecule has 1 aromatic rings. The van der Waals surface area contributed by atoms with Gasteiger partial charge in [0.25, 0.3) is 0 Å². The van der Waals surface area contributed by atoms with Crippen LogP contribution in [0.25, 0.3) is 0 Å². The largest absolute Gasteiger partial charge is 0.311 e. The normalized spacial score (nSPS) is 21.2. The molecule has 3 heteroatoms. The SMILES string of the molecule is CCn1nc(C)cc1CNCC1C(C)(C)C1(C)C. The molecule has 102 valence electrons. The number of rotatable bonds is 5. The Morgan fingerprint density at radius 3 is 2.39 bits per heavy atom. The molecule has 0 amide bonds. The van der Waals surface area contributed by atoms with Gasteiger partial charge in [-0.05, 0) is 43.2 Å². The highest BCUT2D eigenvalue weighted by molar-refractivity contribution is 5.13. The molecular weight excluding hydrogens is 222 g/mol.